The number of ether oxygens (including phenoxy) is 1. The van der Waals surface area contributed by atoms with Crippen LogP contribution in [0.25, 0.3) is 0 Å². The Morgan fingerprint density at radius 1 is 1.10 bits per heavy atom. The van der Waals surface area contributed by atoms with Crippen molar-refractivity contribution in [2.45, 2.75) is 58.0 Å². The van der Waals surface area contributed by atoms with Gasteiger partial charge in [0.25, 0.3) is 6.47 Å². The molecule has 5 N–H and O–H groups in total. The molecule has 3 atom stereocenters. The molecular weight excluding hydrogens is 380 g/mol. The molecule has 8 heteroatoms. The van der Waals surface area contributed by atoms with Crippen molar-refractivity contribution in [1.82, 2.24) is 0 Å². The van der Waals surface area contributed by atoms with Crippen molar-refractivity contribution >= 4 is 12.3 Å². The number of fused-ring (bicyclic) bond motifs is 3. The van der Waals surface area contributed by atoms with Gasteiger partial charge in [-0.1, -0.05) is 20.3 Å². The Kier molecular flexibility index (Phi) is 5.03. The lowest BCUT2D eigenvalue weighted by Crippen LogP contribution is -2.46. The number of hydrogen-bond donors (Lipinski definition) is 5. The van der Waals surface area contributed by atoms with E-state index in [9.17, 15) is 35.1 Å². The molecular formula is C21H26O8. The molecule has 1 aromatic rings. The molecule has 8 nitrogen and oxygen atoms in total. The minimum Gasteiger partial charge on any atom is -0.507 e. The highest BCUT2D eigenvalue weighted by molar-refractivity contribution is 6.13. The molecule has 1 saturated carbocycles. The second-order valence-electron chi connectivity index (χ2n) is 8.53. The maximum atomic E-state index is 13.1. The second kappa shape index (κ2) is 6.95. The number of phenolic OH excluding ortho intramolecular Hbond substituents is 3. The number of hydrogen-bond acceptors (Lipinski definition) is 8. The first-order valence-corrected chi connectivity index (χ1v) is 9.52. The average molecular weight is 406 g/mol. The Morgan fingerprint density at radius 2 is 1.76 bits per heavy atom. The Balaban J connectivity index is 2.33. The first kappa shape index (κ1) is 21.0. The molecule has 2 aliphatic carbocycles. The molecule has 2 aliphatic rings. The minimum atomic E-state index is -1.07. The molecule has 0 aromatic heterocycles. The van der Waals surface area contributed by atoms with E-state index in [0.717, 1.165) is 0 Å². The van der Waals surface area contributed by atoms with Gasteiger partial charge in [-0.05, 0) is 25.3 Å². The van der Waals surface area contributed by atoms with Crippen molar-refractivity contribution in [3.8, 4) is 17.2 Å². The molecule has 0 bridgehead atoms. The van der Waals surface area contributed by atoms with Crippen molar-refractivity contribution in [2.75, 3.05) is 6.61 Å². The van der Waals surface area contributed by atoms with Gasteiger partial charge in [0.05, 0.1) is 11.7 Å². The highest BCUT2D eigenvalue weighted by atomic mass is 16.5. The molecule has 29 heavy (non-hydrogen) atoms. The number of carbonyl (C=O) groups excluding carboxylic acids is 2. The molecule has 1 aromatic carbocycles. The van der Waals surface area contributed by atoms with Crippen LogP contribution in [0.1, 0.15) is 61.5 Å². The number of aliphatic hydroxyl groups excluding tert-OH is 2. The van der Waals surface area contributed by atoms with Crippen LogP contribution in [0.15, 0.2) is 11.3 Å². The smallest absolute Gasteiger partial charge is 0.293 e. The summed E-state index contributed by atoms with van der Waals surface area (Å²) in [6, 6.07) is 0. The van der Waals surface area contributed by atoms with Crippen LogP contribution in [0.3, 0.4) is 0 Å². The van der Waals surface area contributed by atoms with E-state index in [1.165, 1.54) is 6.92 Å². The summed E-state index contributed by atoms with van der Waals surface area (Å²) in [6.45, 7) is 5.15. The van der Waals surface area contributed by atoms with E-state index in [1.807, 2.05) is 0 Å². The monoisotopic (exact) mass is 406 g/mol. The molecule has 0 aliphatic heterocycles. The summed E-state index contributed by atoms with van der Waals surface area (Å²) in [5.41, 5.74) is -2.02. The fourth-order valence-electron chi connectivity index (χ4n) is 5.15. The lowest BCUT2D eigenvalue weighted by Gasteiger charge is -2.49. The number of phenols is 3. The lowest BCUT2D eigenvalue weighted by molar-refractivity contribution is -0.131. The van der Waals surface area contributed by atoms with E-state index in [4.69, 9.17) is 4.74 Å². The minimum absolute atomic E-state index is 0.0386. The summed E-state index contributed by atoms with van der Waals surface area (Å²) in [5, 5.41) is 52.6. The number of aliphatic hydroxyl groups is 2. The molecule has 0 spiro atoms. The molecule has 0 saturated heterocycles. The summed E-state index contributed by atoms with van der Waals surface area (Å²) in [6.07, 6.45) is 0.473. The van der Waals surface area contributed by atoms with Gasteiger partial charge in [0, 0.05) is 28.4 Å². The number of allylic oxidation sites excluding steroid dienone is 1. The highest BCUT2D eigenvalue weighted by Crippen LogP contribution is 2.61. The van der Waals surface area contributed by atoms with Crippen molar-refractivity contribution in [2.24, 2.45) is 5.41 Å². The number of Topliss-reactive ketones (excluding diaryl/α,β-unsaturated/α-hetero) is 1. The van der Waals surface area contributed by atoms with Gasteiger partial charge in [-0.15, -0.1) is 0 Å². The third-order valence-electron chi connectivity index (χ3n) is 6.28. The fourth-order valence-corrected chi connectivity index (χ4v) is 5.15. The van der Waals surface area contributed by atoms with Crippen LogP contribution >= 0.6 is 0 Å². The average Bonchev–Trinajstić information content (AvgIpc) is 2.64. The molecule has 0 heterocycles. The maximum Gasteiger partial charge on any atom is 0.293 e. The van der Waals surface area contributed by atoms with Crippen molar-refractivity contribution in [3.05, 3.63) is 28.0 Å². The molecule has 0 unspecified atom stereocenters. The molecule has 3 rings (SSSR count). The maximum absolute atomic E-state index is 13.1. The summed E-state index contributed by atoms with van der Waals surface area (Å²) in [7, 11) is 0. The van der Waals surface area contributed by atoms with Gasteiger partial charge in [0.15, 0.2) is 17.3 Å². The summed E-state index contributed by atoms with van der Waals surface area (Å²) < 4.78 is 4.96. The molecule has 1 fully saturated rings. The standard InChI is InChI=1S/C21H26O8/c1-10(23)7-11-14(24)12-13(17(27)15(11)25)21(3)6-4-5-20(2,8-29-9-22)19(21)18(28)16(12)26/h9-10,23-25,27-28H,4-8H2,1-3H3/t10-,20+,21+/m0/s1. The van der Waals surface area contributed by atoms with Gasteiger partial charge >= 0.3 is 0 Å². The van der Waals surface area contributed by atoms with Crippen molar-refractivity contribution < 1.29 is 39.9 Å². The van der Waals surface area contributed by atoms with Gasteiger partial charge in [0.1, 0.15) is 12.4 Å². The van der Waals surface area contributed by atoms with Gasteiger partial charge in [-0.3, -0.25) is 9.59 Å². The van der Waals surface area contributed by atoms with E-state index in [1.54, 1.807) is 13.8 Å². The van der Waals surface area contributed by atoms with Crippen LogP contribution < -0.4 is 0 Å². The zero-order valence-electron chi connectivity index (χ0n) is 16.7. The number of carbonyl (C=O) groups is 2. The Labute approximate surface area is 168 Å². The normalized spacial score (nSPS) is 27.2. The van der Waals surface area contributed by atoms with Crippen LogP contribution in [0, 0.1) is 5.41 Å². The van der Waals surface area contributed by atoms with Gasteiger partial charge in [-0.25, -0.2) is 0 Å². The topological polar surface area (TPSA) is 145 Å². The van der Waals surface area contributed by atoms with Crippen molar-refractivity contribution in [3.63, 3.8) is 0 Å². The SMILES string of the molecule is C[C@H](O)Cc1c(O)c(O)c2c(c1O)C(=O)C(O)=C1[C@@](C)(COC=O)CCC[C@@]12C. The largest absolute Gasteiger partial charge is 0.507 e. The molecule has 0 radical (unpaired) electrons. The Hall–Kier alpha value is -2.74. The fraction of sp³-hybridized carbons (Fsp3) is 0.524. The predicted molar refractivity (Wildman–Crippen MR) is 102 cm³/mol. The summed E-state index contributed by atoms with van der Waals surface area (Å²) >= 11 is 0. The van der Waals surface area contributed by atoms with Gasteiger partial charge in [-0.2, -0.15) is 0 Å². The first-order valence-electron chi connectivity index (χ1n) is 9.52. The molecule has 158 valence electrons. The summed E-state index contributed by atoms with van der Waals surface area (Å²) in [4.78, 5) is 23.8. The number of rotatable bonds is 5. The lowest BCUT2D eigenvalue weighted by atomic mass is 9.54. The van der Waals surface area contributed by atoms with E-state index < -0.39 is 45.7 Å². The zero-order valence-corrected chi connectivity index (χ0v) is 16.7. The van der Waals surface area contributed by atoms with Gasteiger partial charge in [0.2, 0.25) is 5.78 Å². The number of aromatic hydroxyl groups is 3. The molecule has 0 amide bonds. The van der Waals surface area contributed by atoms with E-state index in [0.29, 0.717) is 31.3 Å². The van der Waals surface area contributed by atoms with E-state index in [-0.39, 0.29) is 29.7 Å². The van der Waals surface area contributed by atoms with Crippen LogP contribution in [-0.2, 0) is 21.4 Å². The van der Waals surface area contributed by atoms with Crippen LogP contribution in [0.5, 0.6) is 17.2 Å². The van der Waals surface area contributed by atoms with Crippen LogP contribution in [0.2, 0.25) is 0 Å². The first-order chi connectivity index (χ1) is 13.5. The van der Waals surface area contributed by atoms with E-state index in [2.05, 4.69) is 0 Å². The second-order valence-corrected chi connectivity index (χ2v) is 8.53. The third kappa shape index (κ3) is 2.93. The predicted octanol–water partition coefficient (Wildman–Crippen LogP) is 2.36. The Bertz CT molecular complexity index is 916. The highest BCUT2D eigenvalue weighted by Gasteiger charge is 2.55. The quantitative estimate of drug-likeness (QED) is 0.285. The Morgan fingerprint density at radius 3 is 2.34 bits per heavy atom. The van der Waals surface area contributed by atoms with Crippen LogP contribution in [0.4, 0.5) is 0 Å². The zero-order chi connectivity index (χ0) is 21.7. The summed E-state index contributed by atoms with van der Waals surface area (Å²) in [5.74, 6) is -3.17. The third-order valence-corrected chi connectivity index (χ3v) is 6.28. The number of benzene rings is 1. The van der Waals surface area contributed by atoms with E-state index >= 15 is 0 Å². The van der Waals surface area contributed by atoms with Gasteiger partial charge < -0.3 is 30.3 Å². The number of ketones is 1. The van der Waals surface area contributed by atoms with Crippen molar-refractivity contribution in [1.29, 1.82) is 0 Å². The van der Waals surface area contributed by atoms with Crippen LogP contribution in [-0.4, -0.2) is 50.5 Å².